The van der Waals surface area contributed by atoms with Crippen LogP contribution < -0.4 is 5.32 Å². The zero-order chi connectivity index (χ0) is 13.0. The van der Waals surface area contributed by atoms with Gasteiger partial charge in [-0.1, -0.05) is 20.3 Å². The summed E-state index contributed by atoms with van der Waals surface area (Å²) < 4.78 is 0. The van der Waals surface area contributed by atoms with Gasteiger partial charge in [-0.25, -0.2) is 0 Å². The summed E-state index contributed by atoms with van der Waals surface area (Å²) in [6.45, 7) is 10.9. The summed E-state index contributed by atoms with van der Waals surface area (Å²) in [7, 11) is 0. The van der Waals surface area contributed by atoms with Crippen LogP contribution in [0.2, 0.25) is 0 Å². The maximum atomic E-state index is 3.84. The highest BCUT2D eigenvalue weighted by atomic mass is 15.2. The number of hydrogen-bond donors (Lipinski definition) is 1. The molecule has 1 aliphatic heterocycles. The quantitative estimate of drug-likeness (QED) is 0.748. The van der Waals surface area contributed by atoms with Gasteiger partial charge in [-0.05, 0) is 57.4 Å². The third-order valence-electron chi connectivity index (χ3n) is 4.87. The van der Waals surface area contributed by atoms with Gasteiger partial charge in [0.05, 0.1) is 0 Å². The molecule has 2 fully saturated rings. The van der Waals surface area contributed by atoms with E-state index >= 15 is 0 Å². The minimum absolute atomic E-state index is 0.755. The molecule has 2 nitrogen and oxygen atoms in total. The topological polar surface area (TPSA) is 15.3 Å². The van der Waals surface area contributed by atoms with Gasteiger partial charge in [0.15, 0.2) is 0 Å². The monoisotopic (exact) mass is 252 g/mol. The Balaban J connectivity index is 1.83. The number of nitrogens with zero attached hydrogens (tertiary/aromatic N) is 1. The van der Waals surface area contributed by atoms with Crippen LogP contribution in [0.25, 0.3) is 0 Å². The van der Waals surface area contributed by atoms with E-state index in [1.165, 1.54) is 58.2 Å². The number of piperidine rings is 1. The van der Waals surface area contributed by atoms with Crippen LogP contribution in [0.4, 0.5) is 0 Å². The van der Waals surface area contributed by atoms with Crippen molar-refractivity contribution in [2.24, 2.45) is 11.8 Å². The van der Waals surface area contributed by atoms with Crippen LogP contribution in [-0.4, -0.2) is 36.6 Å². The summed E-state index contributed by atoms with van der Waals surface area (Å²) in [5, 5.41) is 3.84. The molecule has 0 aromatic carbocycles. The summed E-state index contributed by atoms with van der Waals surface area (Å²) in [6.07, 6.45) is 8.38. The Kier molecular flexibility index (Phi) is 5.50. The fourth-order valence-corrected chi connectivity index (χ4v) is 3.28. The normalized spacial score (nSPS) is 31.5. The van der Waals surface area contributed by atoms with Crippen LogP contribution in [0.1, 0.15) is 59.3 Å². The third-order valence-corrected chi connectivity index (χ3v) is 4.87. The molecule has 0 amide bonds. The standard InChI is InChI=1S/C16H32N2/c1-4-6-15-9-16(17-10-14-7-8-14)12-18(11-15)13(3)5-2/h13-17H,4-12H2,1-3H3. The average Bonchev–Trinajstić information content (AvgIpc) is 3.19. The summed E-state index contributed by atoms with van der Waals surface area (Å²) in [5.41, 5.74) is 0. The maximum Gasteiger partial charge on any atom is 0.0198 e. The smallest absolute Gasteiger partial charge is 0.0198 e. The largest absolute Gasteiger partial charge is 0.312 e. The van der Waals surface area contributed by atoms with E-state index < -0.39 is 0 Å². The highest BCUT2D eigenvalue weighted by Crippen LogP contribution is 2.29. The molecule has 0 aromatic heterocycles. The molecule has 1 N–H and O–H groups in total. The van der Waals surface area contributed by atoms with Crippen LogP contribution in [0.5, 0.6) is 0 Å². The molecule has 2 aliphatic rings. The first-order valence-electron chi connectivity index (χ1n) is 8.20. The molecule has 18 heavy (non-hydrogen) atoms. The Hall–Kier alpha value is -0.0800. The SMILES string of the molecule is CCCC1CC(NCC2CC2)CN(C(C)CC)C1. The molecular weight excluding hydrogens is 220 g/mol. The van der Waals surface area contributed by atoms with E-state index in [1.807, 2.05) is 0 Å². The molecular formula is C16H32N2. The van der Waals surface area contributed by atoms with Gasteiger partial charge in [0.1, 0.15) is 0 Å². The Labute approximate surface area is 114 Å². The summed E-state index contributed by atoms with van der Waals surface area (Å²) in [6, 6.07) is 1.51. The second-order valence-electron chi connectivity index (χ2n) is 6.65. The molecule has 2 heteroatoms. The summed E-state index contributed by atoms with van der Waals surface area (Å²) in [4.78, 5) is 2.73. The molecule has 3 atom stereocenters. The van der Waals surface area contributed by atoms with Crippen molar-refractivity contribution in [3.63, 3.8) is 0 Å². The van der Waals surface area contributed by atoms with E-state index in [0.717, 1.165) is 23.9 Å². The van der Waals surface area contributed by atoms with Crippen molar-refractivity contribution < 1.29 is 0 Å². The van der Waals surface area contributed by atoms with E-state index in [9.17, 15) is 0 Å². The summed E-state index contributed by atoms with van der Waals surface area (Å²) in [5.74, 6) is 1.93. The van der Waals surface area contributed by atoms with Crippen LogP contribution in [0.15, 0.2) is 0 Å². The third kappa shape index (κ3) is 4.24. The molecule has 1 saturated carbocycles. The zero-order valence-electron chi connectivity index (χ0n) is 12.6. The van der Waals surface area contributed by atoms with Crippen molar-refractivity contribution in [1.82, 2.24) is 10.2 Å². The lowest BCUT2D eigenvalue weighted by atomic mass is 9.89. The molecule has 0 spiro atoms. The van der Waals surface area contributed by atoms with Gasteiger partial charge in [-0.15, -0.1) is 0 Å². The van der Waals surface area contributed by atoms with Crippen LogP contribution in [-0.2, 0) is 0 Å². The van der Waals surface area contributed by atoms with E-state index in [4.69, 9.17) is 0 Å². The second kappa shape index (κ2) is 6.91. The fraction of sp³-hybridized carbons (Fsp3) is 1.00. The van der Waals surface area contributed by atoms with Crippen molar-refractivity contribution in [2.45, 2.75) is 71.4 Å². The summed E-state index contributed by atoms with van der Waals surface area (Å²) >= 11 is 0. The number of likely N-dealkylation sites (tertiary alicyclic amines) is 1. The first kappa shape index (κ1) is 14.3. The highest BCUT2D eigenvalue weighted by molar-refractivity contribution is 4.87. The molecule has 1 aliphatic carbocycles. The molecule has 2 rings (SSSR count). The van der Waals surface area contributed by atoms with Gasteiger partial charge < -0.3 is 5.32 Å². The van der Waals surface area contributed by atoms with Gasteiger partial charge >= 0.3 is 0 Å². The predicted octanol–water partition coefficient (Wildman–Crippen LogP) is 3.28. The number of hydrogen-bond acceptors (Lipinski definition) is 2. The Morgan fingerprint density at radius 2 is 1.94 bits per heavy atom. The maximum absolute atomic E-state index is 3.84. The molecule has 0 bridgehead atoms. The van der Waals surface area contributed by atoms with Crippen molar-refractivity contribution in [1.29, 1.82) is 0 Å². The number of rotatable bonds is 7. The molecule has 3 unspecified atom stereocenters. The Morgan fingerprint density at radius 1 is 1.17 bits per heavy atom. The zero-order valence-corrected chi connectivity index (χ0v) is 12.6. The van der Waals surface area contributed by atoms with Crippen LogP contribution in [0.3, 0.4) is 0 Å². The molecule has 0 radical (unpaired) electrons. The highest BCUT2D eigenvalue weighted by Gasteiger charge is 2.30. The van der Waals surface area contributed by atoms with Crippen molar-refractivity contribution >= 4 is 0 Å². The first-order chi connectivity index (χ1) is 8.72. The average molecular weight is 252 g/mol. The van der Waals surface area contributed by atoms with Gasteiger partial charge in [0.2, 0.25) is 0 Å². The minimum Gasteiger partial charge on any atom is -0.312 e. The molecule has 106 valence electrons. The van der Waals surface area contributed by atoms with Gasteiger partial charge in [0, 0.05) is 25.2 Å². The lowest BCUT2D eigenvalue weighted by molar-refractivity contribution is 0.0978. The minimum atomic E-state index is 0.755. The van der Waals surface area contributed by atoms with E-state index in [2.05, 4.69) is 31.0 Å². The Morgan fingerprint density at radius 3 is 2.56 bits per heavy atom. The Bertz CT molecular complexity index is 237. The lowest BCUT2D eigenvalue weighted by Gasteiger charge is -2.41. The van der Waals surface area contributed by atoms with Gasteiger partial charge in [-0.3, -0.25) is 4.90 Å². The van der Waals surface area contributed by atoms with Crippen LogP contribution >= 0.6 is 0 Å². The van der Waals surface area contributed by atoms with Crippen molar-refractivity contribution in [2.75, 3.05) is 19.6 Å². The van der Waals surface area contributed by atoms with Gasteiger partial charge in [-0.2, -0.15) is 0 Å². The molecule has 0 aromatic rings. The van der Waals surface area contributed by atoms with Crippen molar-refractivity contribution in [3.8, 4) is 0 Å². The number of nitrogens with one attached hydrogen (secondary N) is 1. The molecule has 1 heterocycles. The lowest BCUT2D eigenvalue weighted by Crippen LogP contribution is -2.52. The van der Waals surface area contributed by atoms with E-state index in [-0.39, 0.29) is 0 Å². The van der Waals surface area contributed by atoms with E-state index in [0.29, 0.717) is 0 Å². The van der Waals surface area contributed by atoms with Crippen LogP contribution in [0, 0.1) is 11.8 Å². The van der Waals surface area contributed by atoms with Crippen molar-refractivity contribution in [3.05, 3.63) is 0 Å². The fourth-order valence-electron chi connectivity index (χ4n) is 3.28. The molecule has 1 saturated heterocycles. The van der Waals surface area contributed by atoms with Gasteiger partial charge in [0.25, 0.3) is 0 Å². The second-order valence-corrected chi connectivity index (χ2v) is 6.65. The van der Waals surface area contributed by atoms with E-state index in [1.54, 1.807) is 0 Å². The first-order valence-corrected chi connectivity index (χ1v) is 8.20. The predicted molar refractivity (Wildman–Crippen MR) is 78.9 cm³/mol.